The lowest BCUT2D eigenvalue weighted by molar-refractivity contribution is 0.723. The molecular formula is C2H2ClF. The molecule has 0 fully saturated rings. The highest BCUT2D eigenvalue weighted by molar-refractivity contribution is 6.25. The first kappa shape index (κ1) is 3.96. The minimum absolute atomic E-state index is 0.265. The molecule has 0 spiro atoms. The molecule has 0 N–H and O–H groups in total. The Balaban J connectivity index is 2.55. The zero-order valence-corrected chi connectivity index (χ0v) is 2.67. The van der Waals surface area contributed by atoms with E-state index in [1.165, 1.54) is 0 Å². The summed E-state index contributed by atoms with van der Waals surface area (Å²) in [6, 6.07) is 0. The molecule has 0 atom stereocenters. The maximum Gasteiger partial charge on any atom is 0.0979 e. The largest absolute Gasteiger partial charge is 0.215 e. The van der Waals surface area contributed by atoms with Gasteiger partial charge in [0.25, 0.3) is 0 Å². The second-order valence-corrected chi connectivity index (χ2v) is 0.504. The predicted molar refractivity (Wildman–Crippen MR) is 16.1 cm³/mol. The van der Waals surface area contributed by atoms with Crippen LogP contribution in [0.25, 0.3) is 0 Å². The van der Waals surface area contributed by atoms with Crippen molar-refractivity contribution in [1.82, 2.24) is 0 Å². The summed E-state index contributed by atoms with van der Waals surface area (Å²) in [5, 5.41) is 0. The average Bonchev–Trinajstić information content (AvgIpc) is 1.37. The molecule has 0 heterocycles. The minimum Gasteiger partial charge on any atom is -0.215 e. The molecular weight excluding hydrogens is 79.0 g/mol. The van der Waals surface area contributed by atoms with Crippen LogP contribution < -0.4 is 0 Å². The van der Waals surface area contributed by atoms with E-state index in [0.717, 1.165) is 5.54 Å². The quantitative estimate of drug-likeness (QED) is 0.389. The van der Waals surface area contributed by atoms with Crippen molar-refractivity contribution in [2.24, 2.45) is 0 Å². The van der Waals surface area contributed by atoms with Gasteiger partial charge >= 0.3 is 0 Å². The standard InChI is InChI=1S/C2H2ClF/c3-1-2-4/h1-2H/b2-1+/i2+1,3+0. The van der Waals surface area contributed by atoms with Crippen molar-refractivity contribution in [3.8, 4) is 0 Å². The summed E-state index contributed by atoms with van der Waals surface area (Å²) in [6.07, 6.45) is 0.265. The second kappa shape index (κ2) is 2.96. The smallest absolute Gasteiger partial charge is 0.0979 e. The molecule has 0 nitrogen and oxygen atoms in total. The van der Waals surface area contributed by atoms with Crippen LogP contribution >= 0.6 is 11.6 Å². The monoisotopic (exact) mass is 81.0 g/mol. The van der Waals surface area contributed by atoms with Gasteiger partial charge in [0.05, 0.1) is 6.33 Å². The van der Waals surface area contributed by atoms with Gasteiger partial charge in [0.1, 0.15) is 0 Å². The fraction of sp³-hybridized carbons (Fsp3) is 0. The molecule has 0 aliphatic rings. The fourth-order valence-corrected chi connectivity index (χ4v) is 0. The van der Waals surface area contributed by atoms with E-state index in [0.29, 0.717) is 0 Å². The molecule has 0 radical (unpaired) electrons. The molecule has 0 bridgehead atoms. The second-order valence-electron chi connectivity index (χ2n) is 0.252. The van der Waals surface area contributed by atoms with E-state index < -0.39 is 0 Å². The third-order valence-electron chi connectivity index (χ3n) is 0.0476. The van der Waals surface area contributed by atoms with Gasteiger partial charge in [0.15, 0.2) is 0 Å². The van der Waals surface area contributed by atoms with Crippen LogP contribution in [0, 0.1) is 0 Å². The van der Waals surface area contributed by atoms with Crippen molar-refractivity contribution >= 4 is 11.6 Å². The van der Waals surface area contributed by atoms with E-state index in [2.05, 4.69) is 11.6 Å². The summed E-state index contributed by atoms with van der Waals surface area (Å²) < 4.78 is 10.4. The van der Waals surface area contributed by atoms with Crippen LogP contribution in [0.3, 0.4) is 0 Å². The molecule has 0 aliphatic carbocycles. The maximum absolute atomic E-state index is 10.4. The highest BCUT2D eigenvalue weighted by Gasteiger charge is 1.41. The van der Waals surface area contributed by atoms with E-state index in [4.69, 9.17) is 0 Å². The predicted octanol–water partition coefficient (Wildman–Crippen LogP) is 1.67. The van der Waals surface area contributed by atoms with Crippen LogP contribution in [0.4, 0.5) is 4.39 Å². The Labute approximate surface area is 28.9 Å². The Bertz CT molecular complexity index is 21.2. The van der Waals surface area contributed by atoms with Gasteiger partial charge in [-0.05, 0) is 0 Å². The lowest BCUT2D eigenvalue weighted by Crippen LogP contribution is -1.14. The lowest BCUT2D eigenvalue weighted by Gasteiger charge is -1.43. The number of hydrogen-bond acceptors (Lipinski definition) is 0. The Hall–Kier alpha value is -0.0400. The normalized spacial score (nSPS) is 9.50. The van der Waals surface area contributed by atoms with Gasteiger partial charge in [-0.25, -0.2) is 4.39 Å². The van der Waals surface area contributed by atoms with Gasteiger partial charge in [-0.15, -0.1) is 0 Å². The third-order valence-corrected chi connectivity index (χ3v) is 0.143. The summed E-state index contributed by atoms with van der Waals surface area (Å²) >= 11 is 4.63. The Kier molecular flexibility index (Phi) is 2.93. The van der Waals surface area contributed by atoms with E-state index in [1.54, 1.807) is 0 Å². The van der Waals surface area contributed by atoms with Crippen LogP contribution in [0.1, 0.15) is 0 Å². The summed E-state index contributed by atoms with van der Waals surface area (Å²) in [7, 11) is 0. The first-order valence-electron chi connectivity index (χ1n) is 0.770. The highest BCUT2D eigenvalue weighted by Crippen LogP contribution is 1.73. The molecule has 2 heteroatoms. The molecule has 0 saturated carbocycles. The van der Waals surface area contributed by atoms with Crippen LogP contribution in [-0.4, -0.2) is 0 Å². The molecule has 0 aliphatic heterocycles. The number of rotatable bonds is 0. The Morgan fingerprint density at radius 2 is 2.00 bits per heavy atom. The molecule has 0 amide bonds. The summed E-state index contributed by atoms with van der Waals surface area (Å²) in [6.45, 7) is 0. The van der Waals surface area contributed by atoms with Crippen molar-refractivity contribution in [3.63, 3.8) is 0 Å². The minimum atomic E-state index is 0.265. The summed E-state index contributed by atoms with van der Waals surface area (Å²) in [5.74, 6) is 0. The van der Waals surface area contributed by atoms with Crippen LogP contribution in [-0.2, 0) is 0 Å². The fourth-order valence-electron chi connectivity index (χ4n) is 0. The van der Waals surface area contributed by atoms with Gasteiger partial charge < -0.3 is 0 Å². The Morgan fingerprint density at radius 1 is 1.75 bits per heavy atom. The summed E-state index contributed by atoms with van der Waals surface area (Å²) in [5.41, 5.74) is 0.806. The molecule has 0 saturated heterocycles. The molecule has 0 rings (SSSR count). The maximum atomic E-state index is 10.4. The zero-order valence-electron chi connectivity index (χ0n) is 1.91. The molecule has 4 heavy (non-hydrogen) atoms. The molecule has 0 aromatic rings. The third kappa shape index (κ3) is 1.96. The Morgan fingerprint density at radius 3 is 2.00 bits per heavy atom. The molecule has 0 aromatic heterocycles. The summed E-state index contributed by atoms with van der Waals surface area (Å²) in [4.78, 5) is 0. The van der Waals surface area contributed by atoms with Gasteiger partial charge in [0, 0.05) is 5.54 Å². The number of halogens is 2. The van der Waals surface area contributed by atoms with Gasteiger partial charge in [-0.1, -0.05) is 11.6 Å². The molecule has 24 valence electrons. The van der Waals surface area contributed by atoms with Crippen molar-refractivity contribution in [2.45, 2.75) is 0 Å². The van der Waals surface area contributed by atoms with Gasteiger partial charge in [-0.3, -0.25) is 0 Å². The van der Waals surface area contributed by atoms with Crippen molar-refractivity contribution in [3.05, 3.63) is 11.9 Å². The van der Waals surface area contributed by atoms with Crippen LogP contribution in [0.5, 0.6) is 0 Å². The SMILES string of the molecule is F/[13CH]=C/[35Cl]. The van der Waals surface area contributed by atoms with Gasteiger partial charge in [0.2, 0.25) is 0 Å². The molecule has 0 aromatic carbocycles. The van der Waals surface area contributed by atoms with E-state index in [-0.39, 0.29) is 6.33 Å². The van der Waals surface area contributed by atoms with Crippen molar-refractivity contribution < 1.29 is 4.39 Å². The zero-order chi connectivity index (χ0) is 3.41. The van der Waals surface area contributed by atoms with Crippen LogP contribution in [0.15, 0.2) is 11.9 Å². The van der Waals surface area contributed by atoms with E-state index in [9.17, 15) is 4.39 Å². The first-order chi connectivity index (χ1) is 1.91. The van der Waals surface area contributed by atoms with E-state index in [1.807, 2.05) is 0 Å². The van der Waals surface area contributed by atoms with Crippen molar-refractivity contribution in [1.29, 1.82) is 0 Å². The van der Waals surface area contributed by atoms with Crippen LogP contribution in [0.2, 0.25) is 0 Å². The topological polar surface area (TPSA) is 0 Å². The van der Waals surface area contributed by atoms with Gasteiger partial charge in [-0.2, -0.15) is 0 Å². The molecule has 0 unspecified atom stereocenters. The first-order valence-corrected chi connectivity index (χ1v) is 1.21. The highest BCUT2D eigenvalue weighted by atomic mass is 35.0. The lowest BCUT2D eigenvalue weighted by atomic mass is 11.6. The average molecular weight is 81.0 g/mol. The number of hydrogen-bond donors (Lipinski definition) is 0. The van der Waals surface area contributed by atoms with E-state index >= 15 is 0 Å². The van der Waals surface area contributed by atoms with Crippen molar-refractivity contribution in [2.75, 3.05) is 0 Å².